The molecular weight excluding hydrogens is 270 g/mol. The summed E-state index contributed by atoms with van der Waals surface area (Å²) in [6.07, 6.45) is 2.05. The van der Waals surface area contributed by atoms with E-state index in [-0.39, 0.29) is 11.3 Å². The number of carbonyl (C=O) groups excluding carboxylic acids is 1. The Bertz CT molecular complexity index is 507. The molecule has 0 radical (unpaired) electrons. The Hall–Kier alpha value is -1.75. The highest BCUT2D eigenvalue weighted by atomic mass is 16.6. The van der Waals surface area contributed by atoms with E-state index in [1.54, 1.807) is 12.1 Å². The summed E-state index contributed by atoms with van der Waals surface area (Å²) in [4.78, 5) is 12.4. The average molecular weight is 294 g/mol. The number of carbonyl (C=O) groups is 1. The van der Waals surface area contributed by atoms with Gasteiger partial charge >= 0.3 is 5.97 Å². The number of ether oxygens (including phenoxy) is 2. The Morgan fingerprint density at radius 3 is 2.62 bits per heavy atom. The van der Waals surface area contributed by atoms with E-state index in [1.165, 1.54) is 13.2 Å². The zero-order valence-electron chi connectivity index (χ0n) is 12.9. The number of aromatic hydroxyl groups is 1. The topological polar surface area (TPSA) is 72.4 Å². The number of phenolic OH excluding ortho intramolecular Hbond substituents is 1. The van der Waals surface area contributed by atoms with Gasteiger partial charge in [-0.25, -0.2) is 4.79 Å². The first-order valence-electron chi connectivity index (χ1n) is 7.36. The fourth-order valence-electron chi connectivity index (χ4n) is 2.89. The van der Waals surface area contributed by atoms with Crippen LogP contribution in [-0.2, 0) is 4.74 Å². The minimum Gasteiger partial charge on any atom is -0.507 e. The number of hydrogen-bond donors (Lipinski definition) is 2. The minimum atomic E-state index is -0.557. The van der Waals surface area contributed by atoms with E-state index in [2.05, 4.69) is 5.32 Å². The summed E-state index contributed by atoms with van der Waals surface area (Å²) in [5, 5.41) is 12.2. The largest absolute Gasteiger partial charge is 0.507 e. The van der Waals surface area contributed by atoms with Crippen LogP contribution in [0.5, 0.6) is 11.5 Å². The number of benzene rings is 1. The Morgan fingerprint density at radius 1 is 1.33 bits per heavy atom. The molecule has 0 amide bonds. The molecule has 0 aliphatic carbocycles. The van der Waals surface area contributed by atoms with Gasteiger partial charge in [0.1, 0.15) is 22.7 Å². The summed E-state index contributed by atoms with van der Waals surface area (Å²) in [5.74, 6) is 0.00714. The van der Waals surface area contributed by atoms with E-state index >= 15 is 0 Å². The molecule has 0 atom stereocenters. The van der Waals surface area contributed by atoms with Crippen molar-refractivity contribution in [1.29, 1.82) is 0 Å². The number of quaternary nitrogens is 1. The highest BCUT2D eigenvalue weighted by molar-refractivity contribution is 5.95. The maximum atomic E-state index is 12.4. The van der Waals surface area contributed by atoms with E-state index in [0.29, 0.717) is 11.7 Å². The fraction of sp³-hybridized carbons (Fsp3) is 0.562. The molecule has 1 aliphatic rings. The molecule has 1 aromatic carbocycles. The second kappa shape index (κ2) is 6.35. The fourth-order valence-corrected chi connectivity index (χ4v) is 2.89. The van der Waals surface area contributed by atoms with Gasteiger partial charge in [-0.2, -0.15) is 0 Å². The number of phenols is 1. The van der Waals surface area contributed by atoms with Gasteiger partial charge < -0.3 is 19.9 Å². The third-order valence-corrected chi connectivity index (χ3v) is 4.21. The molecule has 0 spiro atoms. The van der Waals surface area contributed by atoms with Gasteiger partial charge in [0.25, 0.3) is 0 Å². The second-order valence-corrected chi connectivity index (χ2v) is 5.99. The monoisotopic (exact) mass is 294 g/mol. The second-order valence-electron chi connectivity index (χ2n) is 5.99. The van der Waals surface area contributed by atoms with Crippen molar-refractivity contribution in [2.45, 2.75) is 32.3 Å². The van der Waals surface area contributed by atoms with Gasteiger partial charge in [0.2, 0.25) is 0 Å². The van der Waals surface area contributed by atoms with Crippen LogP contribution < -0.4 is 10.1 Å². The van der Waals surface area contributed by atoms with Gasteiger partial charge in [-0.05, 0) is 26.0 Å². The first-order valence-corrected chi connectivity index (χ1v) is 7.36. The molecule has 21 heavy (non-hydrogen) atoms. The Kier molecular flexibility index (Phi) is 4.73. The molecule has 1 fully saturated rings. The number of rotatable bonds is 4. The van der Waals surface area contributed by atoms with Gasteiger partial charge in [-0.15, -0.1) is 0 Å². The molecule has 5 nitrogen and oxygen atoms in total. The molecule has 0 bridgehead atoms. The molecule has 3 N–H and O–H groups in total. The molecule has 0 saturated carbocycles. The quantitative estimate of drug-likeness (QED) is 0.821. The summed E-state index contributed by atoms with van der Waals surface area (Å²) in [6.45, 7) is 6.00. The molecule has 116 valence electrons. The van der Waals surface area contributed by atoms with Crippen molar-refractivity contribution in [2.75, 3.05) is 20.2 Å². The van der Waals surface area contributed by atoms with Crippen LogP contribution >= 0.6 is 0 Å². The third-order valence-electron chi connectivity index (χ3n) is 4.21. The third kappa shape index (κ3) is 3.47. The molecule has 1 saturated heterocycles. The minimum absolute atomic E-state index is 0.0930. The molecule has 5 heteroatoms. The molecule has 1 aromatic rings. The van der Waals surface area contributed by atoms with Crippen molar-refractivity contribution in [3.05, 3.63) is 23.8 Å². The Morgan fingerprint density at radius 2 is 2.00 bits per heavy atom. The van der Waals surface area contributed by atoms with Crippen molar-refractivity contribution in [2.24, 2.45) is 5.92 Å². The van der Waals surface area contributed by atoms with Crippen LogP contribution in [0.25, 0.3) is 0 Å². The van der Waals surface area contributed by atoms with Crippen LogP contribution in [0.2, 0.25) is 0 Å². The van der Waals surface area contributed by atoms with Gasteiger partial charge in [-0.1, -0.05) is 6.07 Å². The van der Waals surface area contributed by atoms with Crippen LogP contribution in [0.4, 0.5) is 0 Å². The Labute approximate surface area is 125 Å². The average Bonchev–Trinajstić information content (AvgIpc) is 2.47. The number of piperidine rings is 1. The lowest BCUT2D eigenvalue weighted by atomic mass is 9.83. The normalized spacial score (nSPS) is 16.5. The van der Waals surface area contributed by atoms with Crippen LogP contribution in [-0.4, -0.2) is 36.9 Å². The molecule has 0 unspecified atom stereocenters. The molecular formula is C16H24NO4+. The zero-order valence-corrected chi connectivity index (χ0v) is 12.9. The maximum Gasteiger partial charge on any atom is 0.346 e. The van der Waals surface area contributed by atoms with Crippen LogP contribution in [0.15, 0.2) is 18.2 Å². The molecule has 2 rings (SSSR count). The van der Waals surface area contributed by atoms with E-state index in [4.69, 9.17) is 9.47 Å². The van der Waals surface area contributed by atoms with Crippen molar-refractivity contribution in [3.8, 4) is 11.5 Å². The predicted octanol–water partition coefficient (Wildman–Crippen LogP) is 1.31. The lowest BCUT2D eigenvalue weighted by Gasteiger charge is -2.35. The first-order chi connectivity index (χ1) is 9.95. The highest BCUT2D eigenvalue weighted by Crippen LogP contribution is 2.33. The lowest BCUT2D eigenvalue weighted by molar-refractivity contribution is -0.665. The number of methoxy groups -OCH3 is 1. The summed E-state index contributed by atoms with van der Waals surface area (Å²) in [5.41, 5.74) is -0.464. The van der Waals surface area contributed by atoms with E-state index in [9.17, 15) is 9.90 Å². The summed E-state index contributed by atoms with van der Waals surface area (Å²) in [6, 6.07) is 4.73. The SMILES string of the molecule is COc1cccc(O)c1C(=O)OC(C)(C)C1CC[NH2+]CC1. The maximum absolute atomic E-state index is 12.4. The summed E-state index contributed by atoms with van der Waals surface area (Å²) >= 11 is 0. The van der Waals surface area contributed by atoms with Gasteiger partial charge in [0.15, 0.2) is 0 Å². The molecule has 1 heterocycles. The van der Waals surface area contributed by atoms with Gasteiger partial charge in [0.05, 0.1) is 20.2 Å². The smallest absolute Gasteiger partial charge is 0.346 e. The Balaban J connectivity index is 2.17. The van der Waals surface area contributed by atoms with Crippen molar-refractivity contribution >= 4 is 5.97 Å². The highest BCUT2D eigenvalue weighted by Gasteiger charge is 2.36. The van der Waals surface area contributed by atoms with E-state index in [0.717, 1.165) is 25.9 Å². The van der Waals surface area contributed by atoms with Crippen LogP contribution in [0.3, 0.4) is 0 Å². The van der Waals surface area contributed by atoms with Gasteiger partial charge in [0, 0.05) is 18.8 Å². The van der Waals surface area contributed by atoms with Crippen LogP contribution in [0, 0.1) is 5.92 Å². The predicted molar refractivity (Wildman–Crippen MR) is 78.5 cm³/mol. The van der Waals surface area contributed by atoms with Crippen molar-refractivity contribution in [3.63, 3.8) is 0 Å². The number of nitrogens with two attached hydrogens (primary N) is 1. The van der Waals surface area contributed by atoms with E-state index in [1.807, 2.05) is 13.8 Å². The standard InChI is InChI=1S/C16H23NO4/c1-16(2,11-7-9-17-10-8-11)21-15(19)14-12(18)5-4-6-13(14)20-3/h4-6,11,17-18H,7-10H2,1-3H3/p+1. The summed E-state index contributed by atoms with van der Waals surface area (Å²) < 4.78 is 10.8. The number of esters is 1. The number of hydrogen-bond acceptors (Lipinski definition) is 4. The van der Waals surface area contributed by atoms with Gasteiger partial charge in [-0.3, -0.25) is 0 Å². The molecule has 1 aliphatic heterocycles. The summed E-state index contributed by atoms with van der Waals surface area (Å²) in [7, 11) is 1.47. The zero-order chi connectivity index (χ0) is 15.5. The van der Waals surface area contributed by atoms with E-state index < -0.39 is 11.6 Å². The first kappa shape index (κ1) is 15.6. The van der Waals surface area contributed by atoms with Crippen molar-refractivity contribution < 1.29 is 24.7 Å². The molecule has 0 aromatic heterocycles. The van der Waals surface area contributed by atoms with Crippen molar-refractivity contribution in [1.82, 2.24) is 0 Å². The van der Waals surface area contributed by atoms with Crippen LogP contribution in [0.1, 0.15) is 37.0 Å². The lowest BCUT2D eigenvalue weighted by Crippen LogP contribution is -2.86.